The zero-order valence-electron chi connectivity index (χ0n) is 25.6. The van der Waals surface area contributed by atoms with E-state index in [1.54, 1.807) is 0 Å². The van der Waals surface area contributed by atoms with Gasteiger partial charge in [0.05, 0.1) is 17.4 Å². The number of nitrogens with one attached hydrogen (secondary N) is 3. The quantitative estimate of drug-likeness (QED) is 0.185. The second kappa shape index (κ2) is 11.4. The molecule has 3 aliphatic rings. The summed E-state index contributed by atoms with van der Waals surface area (Å²) in [6.45, 7) is 0. The summed E-state index contributed by atoms with van der Waals surface area (Å²) in [5.41, 5.74) is 11.2. The molecule has 1 saturated heterocycles. The van der Waals surface area contributed by atoms with Crippen LogP contribution in [-0.2, 0) is 11.2 Å². The number of allylic oxidation sites excluding steroid dienone is 1. The normalized spacial score (nSPS) is 22.2. The first-order valence-electron chi connectivity index (χ1n) is 16.4. The molecule has 0 bridgehead atoms. The van der Waals surface area contributed by atoms with E-state index < -0.39 is 0 Å². The fourth-order valence-corrected chi connectivity index (χ4v) is 7.60. The predicted molar refractivity (Wildman–Crippen MR) is 184 cm³/mol. The molecule has 9 rings (SSSR count). The Bertz CT molecular complexity index is 1990. The highest BCUT2D eigenvalue weighted by Gasteiger charge is 2.35. The van der Waals surface area contributed by atoms with E-state index in [0.717, 1.165) is 30.6 Å². The molecule has 4 atom stereocenters. The lowest BCUT2D eigenvalue weighted by Gasteiger charge is -2.38. The van der Waals surface area contributed by atoms with Crippen LogP contribution in [0.5, 0.6) is 0 Å². The standard InChI is InChI=1S/C41H36N4O/c1-4-12-27(13-5-1)34-26-35(43-40(42-34)29-14-6-2-7-15-29)28-20-22-31(23-21-28)45-36-19-11-10-18-32(36)38-37(45)25-24-33-39(38)46-41(44-33)30-16-8-3-9-17-30/h1-23,34-35,40-44H,24-26H2. The molecule has 46 heavy (non-hydrogen) atoms. The van der Waals surface area contributed by atoms with Crippen molar-refractivity contribution in [3.63, 3.8) is 0 Å². The number of ether oxygens (including phenoxy) is 1. The summed E-state index contributed by atoms with van der Waals surface area (Å²) >= 11 is 0. The van der Waals surface area contributed by atoms with Crippen LogP contribution < -0.4 is 16.0 Å². The maximum atomic E-state index is 6.67. The molecule has 1 aromatic heterocycles. The second-order valence-electron chi connectivity index (χ2n) is 12.6. The van der Waals surface area contributed by atoms with Crippen LogP contribution in [0.15, 0.2) is 145 Å². The Kier molecular flexibility index (Phi) is 6.73. The minimum Gasteiger partial charge on any atom is -0.464 e. The van der Waals surface area contributed by atoms with Crippen LogP contribution in [0.3, 0.4) is 0 Å². The molecule has 0 spiro atoms. The van der Waals surface area contributed by atoms with Crippen molar-refractivity contribution < 1.29 is 4.74 Å². The zero-order chi connectivity index (χ0) is 30.5. The SMILES string of the molecule is c1ccc(C2CC(c3ccc(-n4c5c(c6ccccc64)C4=C(CC5)NC(c5ccccc5)O4)cc3)NC(c3ccccc3)N2)cc1. The van der Waals surface area contributed by atoms with Gasteiger partial charge in [0.1, 0.15) is 0 Å². The van der Waals surface area contributed by atoms with Crippen molar-refractivity contribution in [2.24, 2.45) is 0 Å². The van der Waals surface area contributed by atoms with Gasteiger partial charge >= 0.3 is 0 Å². The Labute approximate surface area is 269 Å². The number of para-hydroxylation sites is 1. The van der Waals surface area contributed by atoms with Gasteiger partial charge in [0.25, 0.3) is 0 Å². The lowest BCUT2D eigenvalue weighted by atomic mass is 9.91. The lowest BCUT2D eigenvalue weighted by Crippen LogP contribution is -2.45. The molecule has 3 N–H and O–H groups in total. The molecular formula is C41H36N4O. The Morgan fingerprint density at radius 1 is 0.565 bits per heavy atom. The lowest BCUT2D eigenvalue weighted by molar-refractivity contribution is 0.174. The van der Waals surface area contributed by atoms with Gasteiger partial charge in [0.2, 0.25) is 0 Å². The van der Waals surface area contributed by atoms with Crippen LogP contribution >= 0.6 is 0 Å². The van der Waals surface area contributed by atoms with Gasteiger partial charge in [-0.1, -0.05) is 121 Å². The van der Waals surface area contributed by atoms with Gasteiger partial charge in [-0.3, -0.25) is 10.6 Å². The molecule has 1 fully saturated rings. The van der Waals surface area contributed by atoms with E-state index in [2.05, 4.69) is 154 Å². The highest BCUT2D eigenvalue weighted by molar-refractivity contribution is 5.96. The van der Waals surface area contributed by atoms with Gasteiger partial charge in [-0.2, -0.15) is 0 Å². The van der Waals surface area contributed by atoms with Crippen LogP contribution in [0.4, 0.5) is 0 Å². The zero-order valence-corrected chi connectivity index (χ0v) is 25.6. The Morgan fingerprint density at radius 3 is 1.85 bits per heavy atom. The molecule has 0 saturated carbocycles. The average Bonchev–Trinajstić information content (AvgIpc) is 3.72. The third kappa shape index (κ3) is 4.71. The van der Waals surface area contributed by atoms with E-state index >= 15 is 0 Å². The molecule has 0 amide bonds. The number of hydrogen-bond acceptors (Lipinski definition) is 4. The summed E-state index contributed by atoms with van der Waals surface area (Å²) in [4.78, 5) is 0. The van der Waals surface area contributed by atoms with Crippen LogP contribution in [-0.4, -0.2) is 4.57 Å². The van der Waals surface area contributed by atoms with Gasteiger partial charge in [-0.15, -0.1) is 0 Å². The van der Waals surface area contributed by atoms with Gasteiger partial charge in [0, 0.05) is 40.0 Å². The van der Waals surface area contributed by atoms with Gasteiger partial charge < -0.3 is 14.6 Å². The van der Waals surface area contributed by atoms with Crippen molar-refractivity contribution in [3.8, 4) is 5.69 Å². The molecule has 2 aliphatic heterocycles. The number of fused-ring (bicyclic) bond motifs is 4. The fourth-order valence-electron chi connectivity index (χ4n) is 7.60. The molecule has 3 heterocycles. The Hall–Kier alpha value is -5.10. The molecule has 4 unspecified atom stereocenters. The summed E-state index contributed by atoms with van der Waals surface area (Å²) in [5, 5.41) is 12.7. The minimum absolute atomic E-state index is 0.0625. The number of hydrogen-bond donors (Lipinski definition) is 3. The summed E-state index contributed by atoms with van der Waals surface area (Å²) in [5.74, 6) is 1.000. The highest BCUT2D eigenvalue weighted by atomic mass is 16.5. The van der Waals surface area contributed by atoms with E-state index in [4.69, 9.17) is 4.74 Å². The van der Waals surface area contributed by atoms with Crippen LogP contribution in [0.1, 0.15) is 70.8 Å². The third-order valence-corrected chi connectivity index (χ3v) is 9.82. The topological polar surface area (TPSA) is 50.2 Å². The molecule has 1 aliphatic carbocycles. The van der Waals surface area contributed by atoms with E-state index in [-0.39, 0.29) is 24.5 Å². The smallest absolute Gasteiger partial charge is 0.196 e. The first-order chi connectivity index (χ1) is 22.8. The van der Waals surface area contributed by atoms with Crippen molar-refractivity contribution in [1.29, 1.82) is 0 Å². The number of aromatic nitrogens is 1. The molecule has 226 valence electrons. The summed E-state index contributed by atoms with van der Waals surface area (Å²) in [6.07, 6.45) is 2.76. The first-order valence-corrected chi connectivity index (χ1v) is 16.4. The van der Waals surface area contributed by atoms with E-state index in [1.807, 2.05) is 6.07 Å². The fraction of sp³-hybridized carbons (Fsp3) is 0.171. The first kappa shape index (κ1) is 27.2. The average molecular weight is 601 g/mol. The van der Waals surface area contributed by atoms with Crippen LogP contribution in [0, 0.1) is 0 Å². The molecule has 5 nitrogen and oxygen atoms in total. The molecule has 0 radical (unpaired) electrons. The van der Waals surface area contributed by atoms with E-state index in [9.17, 15) is 0 Å². The van der Waals surface area contributed by atoms with Gasteiger partial charge in [-0.05, 0) is 54.2 Å². The molecule has 6 aromatic rings. The maximum Gasteiger partial charge on any atom is 0.196 e. The summed E-state index contributed by atoms with van der Waals surface area (Å²) in [6, 6.07) is 50.4. The van der Waals surface area contributed by atoms with Crippen molar-refractivity contribution in [2.75, 3.05) is 0 Å². The Morgan fingerprint density at radius 2 is 1.15 bits per heavy atom. The van der Waals surface area contributed by atoms with E-state index in [1.165, 1.54) is 50.2 Å². The highest BCUT2D eigenvalue weighted by Crippen LogP contribution is 2.45. The largest absolute Gasteiger partial charge is 0.464 e. The van der Waals surface area contributed by atoms with Crippen LogP contribution in [0.25, 0.3) is 22.3 Å². The Balaban J connectivity index is 1.06. The minimum atomic E-state index is -0.157. The number of benzene rings is 5. The summed E-state index contributed by atoms with van der Waals surface area (Å²) in [7, 11) is 0. The predicted octanol–water partition coefficient (Wildman–Crippen LogP) is 8.63. The third-order valence-electron chi connectivity index (χ3n) is 9.82. The maximum absolute atomic E-state index is 6.67. The molecule has 5 aromatic carbocycles. The van der Waals surface area contributed by atoms with Crippen molar-refractivity contribution in [1.82, 2.24) is 20.5 Å². The van der Waals surface area contributed by atoms with Crippen molar-refractivity contribution in [3.05, 3.63) is 179 Å². The number of rotatable bonds is 5. The van der Waals surface area contributed by atoms with Gasteiger partial charge in [0.15, 0.2) is 12.0 Å². The number of nitrogens with zero attached hydrogens (tertiary/aromatic N) is 1. The second-order valence-corrected chi connectivity index (χ2v) is 12.6. The van der Waals surface area contributed by atoms with E-state index in [0.29, 0.717) is 0 Å². The monoisotopic (exact) mass is 600 g/mol. The van der Waals surface area contributed by atoms with Crippen molar-refractivity contribution in [2.45, 2.75) is 43.7 Å². The van der Waals surface area contributed by atoms with Crippen molar-refractivity contribution >= 4 is 16.7 Å². The molecular weight excluding hydrogens is 564 g/mol. The molecule has 5 heteroatoms. The summed E-state index contributed by atoms with van der Waals surface area (Å²) < 4.78 is 9.12. The van der Waals surface area contributed by atoms with Crippen LogP contribution in [0.2, 0.25) is 0 Å². The van der Waals surface area contributed by atoms with Gasteiger partial charge in [-0.25, -0.2) is 0 Å².